The van der Waals surface area contributed by atoms with Crippen LogP contribution in [0.4, 0.5) is 10.2 Å². The van der Waals surface area contributed by atoms with Crippen LogP contribution in [-0.2, 0) is 13.0 Å². The predicted octanol–water partition coefficient (Wildman–Crippen LogP) is 3.97. The maximum absolute atomic E-state index is 13.5. The van der Waals surface area contributed by atoms with Crippen LogP contribution in [0.5, 0.6) is 0 Å². The average molecular weight is 357 g/mol. The normalized spacial score (nSPS) is 11.3. The average Bonchev–Trinajstić information content (AvgIpc) is 3.03. The predicted molar refractivity (Wildman–Crippen MR) is 91.5 cm³/mol. The molecule has 0 fully saturated rings. The Kier molecular flexibility index (Phi) is 4.58. The smallest absolute Gasteiger partial charge is 0.224 e. The third-order valence-corrected chi connectivity index (χ3v) is 5.73. The highest BCUT2D eigenvalue weighted by molar-refractivity contribution is 7.19. The van der Waals surface area contributed by atoms with E-state index in [4.69, 9.17) is 17.3 Å². The molecule has 8 heteroatoms. The number of anilines is 1. The van der Waals surface area contributed by atoms with E-state index in [-0.39, 0.29) is 11.1 Å². The Morgan fingerprint density at radius 2 is 2.18 bits per heavy atom. The fourth-order valence-electron chi connectivity index (χ4n) is 2.21. The fourth-order valence-corrected chi connectivity index (χ4v) is 4.29. The lowest BCUT2D eigenvalue weighted by molar-refractivity contribution is 0.621. The van der Waals surface area contributed by atoms with Crippen LogP contribution in [-0.4, -0.2) is 16.5 Å². The molecule has 0 radical (unpaired) electrons. The summed E-state index contributed by atoms with van der Waals surface area (Å²) in [5, 5.41) is 5.08. The molecule has 0 aliphatic rings. The summed E-state index contributed by atoms with van der Waals surface area (Å²) in [6.07, 6.45) is 0.795. The first-order valence-corrected chi connectivity index (χ1v) is 8.79. The molecule has 0 spiro atoms. The first kappa shape index (κ1) is 15.6. The van der Waals surface area contributed by atoms with Gasteiger partial charge in [0.05, 0.1) is 21.6 Å². The summed E-state index contributed by atoms with van der Waals surface area (Å²) in [5.41, 5.74) is 7.57. The lowest BCUT2D eigenvalue weighted by Crippen LogP contribution is -2.02. The van der Waals surface area contributed by atoms with Crippen molar-refractivity contribution in [3.63, 3.8) is 0 Å². The fraction of sp³-hybridized carbons (Fsp3) is 0.286. The van der Waals surface area contributed by atoms with Gasteiger partial charge in [-0.25, -0.2) is 9.37 Å². The number of nitrogens with zero attached hydrogens (tertiary/aromatic N) is 2. The minimum Gasteiger partial charge on any atom is -0.364 e. The SMILES string of the molecule is Cc1c(CCN)sc2c(NCc3sccc3F)nc(Cl)nc12. The van der Waals surface area contributed by atoms with E-state index >= 15 is 0 Å². The van der Waals surface area contributed by atoms with Crippen LogP contribution in [0.2, 0.25) is 5.28 Å². The molecule has 0 unspecified atom stereocenters. The standard InChI is InChI=1S/C14H14ClFN4S2/c1-7-9(2-4-17)22-12-11(7)19-14(15)20-13(12)18-6-10-8(16)3-5-21-10/h3,5H,2,4,6,17H2,1H3,(H,18,19,20). The number of hydrogen-bond donors (Lipinski definition) is 2. The van der Waals surface area contributed by atoms with Gasteiger partial charge in [0, 0.05) is 4.88 Å². The van der Waals surface area contributed by atoms with Gasteiger partial charge in [0.25, 0.3) is 0 Å². The topological polar surface area (TPSA) is 63.8 Å². The number of halogens is 2. The van der Waals surface area contributed by atoms with Crippen LogP contribution in [0.15, 0.2) is 11.4 Å². The van der Waals surface area contributed by atoms with Gasteiger partial charge in [0.1, 0.15) is 11.6 Å². The maximum Gasteiger partial charge on any atom is 0.224 e. The summed E-state index contributed by atoms with van der Waals surface area (Å²) in [4.78, 5) is 10.4. The molecule has 22 heavy (non-hydrogen) atoms. The molecule has 0 aliphatic heterocycles. The van der Waals surface area contributed by atoms with Crippen LogP contribution in [0.1, 0.15) is 15.3 Å². The molecule has 3 rings (SSSR count). The Balaban J connectivity index is 1.97. The van der Waals surface area contributed by atoms with Gasteiger partial charge in [-0.2, -0.15) is 4.98 Å². The molecule has 3 aromatic heterocycles. The molecule has 4 nitrogen and oxygen atoms in total. The Labute approximate surface area is 140 Å². The third-order valence-electron chi connectivity index (χ3n) is 3.32. The van der Waals surface area contributed by atoms with Crippen LogP contribution in [0.3, 0.4) is 0 Å². The molecule has 0 saturated carbocycles. The van der Waals surface area contributed by atoms with E-state index in [0.717, 1.165) is 22.2 Å². The molecule has 3 aromatic rings. The van der Waals surface area contributed by atoms with Crippen molar-refractivity contribution in [3.8, 4) is 0 Å². The van der Waals surface area contributed by atoms with Gasteiger partial charge >= 0.3 is 0 Å². The van der Waals surface area contributed by atoms with E-state index in [0.29, 0.717) is 23.8 Å². The molecule has 0 aromatic carbocycles. The van der Waals surface area contributed by atoms with Crippen molar-refractivity contribution in [3.05, 3.63) is 37.9 Å². The molecular formula is C14H14ClFN4S2. The minimum atomic E-state index is -0.208. The zero-order valence-electron chi connectivity index (χ0n) is 11.8. The minimum absolute atomic E-state index is 0.182. The highest BCUT2D eigenvalue weighted by Gasteiger charge is 2.15. The van der Waals surface area contributed by atoms with Crippen LogP contribution >= 0.6 is 34.3 Å². The number of nitrogens with one attached hydrogen (secondary N) is 1. The zero-order chi connectivity index (χ0) is 15.7. The summed E-state index contributed by atoms with van der Waals surface area (Å²) >= 11 is 9.00. The molecule has 0 bridgehead atoms. The lowest BCUT2D eigenvalue weighted by Gasteiger charge is -2.06. The van der Waals surface area contributed by atoms with Gasteiger partial charge in [-0.15, -0.1) is 22.7 Å². The molecule has 0 saturated heterocycles. The first-order valence-electron chi connectivity index (χ1n) is 6.71. The van der Waals surface area contributed by atoms with Gasteiger partial charge in [-0.3, -0.25) is 0 Å². The number of fused-ring (bicyclic) bond motifs is 1. The Hall–Kier alpha value is -1.28. The van der Waals surface area contributed by atoms with Gasteiger partial charge in [0.15, 0.2) is 0 Å². The zero-order valence-corrected chi connectivity index (χ0v) is 14.2. The molecule has 0 aliphatic carbocycles. The number of nitrogens with two attached hydrogens (primary N) is 1. The molecule has 0 amide bonds. The third kappa shape index (κ3) is 2.94. The second kappa shape index (κ2) is 6.45. The van der Waals surface area contributed by atoms with E-state index in [1.54, 1.807) is 16.7 Å². The Morgan fingerprint density at radius 1 is 1.36 bits per heavy atom. The van der Waals surface area contributed by atoms with E-state index in [2.05, 4.69) is 15.3 Å². The summed E-state index contributed by atoms with van der Waals surface area (Å²) in [6, 6.07) is 1.46. The van der Waals surface area contributed by atoms with Gasteiger partial charge < -0.3 is 11.1 Å². The van der Waals surface area contributed by atoms with Crippen molar-refractivity contribution >= 4 is 50.3 Å². The van der Waals surface area contributed by atoms with Crippen LogP contribution < -0.4 is 11.1 Å². The molecular weight excluding hydrogens is 343 g/mol. The van der Waals surface area contributed by atoms with Crippen molar-refractivity contribution in [1.82, 2.24) is 9.97 Å². The number of aromatic nitrogens is 2. The second-order valence-electron chi connectivity index (χ2n) is 4.75. The summed E-state index contributed by atoms with van der Waals surface area (Å²) in [7, 11) is 0. The monoisotopic (exact) mass is 356 g/mol. The highest BCUT2D eigenvalue weighted by atomic mass is 35.5. The van der Waals surface area contributed by atoms with Gasteiger partial charge in [0.2, 0.25) is 5.28 Å². The molecule has 116 valence electrons. The second-order valence-corrected chi connectivity index (χ2v) is 7.20. The van der Waals surface area contributed by atoms with E-state index in [1.165, 1.54) is 22.3 Å². The number of thiophene rings is 2. The highest BCUT2D eigenvalue weighted by Crippen LogP contribution is 2.35. The number of hydrogen-bond acceptors (Lipinski definition) is 6. The molecule has 3 heterocycles. The van der Waals surface area contributed by atoms with Crippen LogP contribution in [0, 0.1) is 12.7 Å². The van der Waals surface area contributed by atoms with Crippen molar-refractivity contribution in [2.45, 2.75) is 19.9 Å². The molecule has 0 atom stereocenters. The Morgan fingerprint density at radius 3 is 2.86 bits per heavy atom. The quantitative estimate of drug-likeness (QED) is 0.679. The molecule has 3 N–H and O–H groups in total. The largest absolute Gasteiger partial charge is 0.364 e. The van der Waals surface area contributed by atoms with Crippen LogP contribution in [0.25, 0.3) is 10.2 Å². The lowest BCUT2D eigenvalue weighted by atomic mass is 10.2. The van der Waals surface area contributed by atoms with E-state index in [1.807, 2.05) is 6.92 Å². The van der Waals surface area contributed by atoms with E-state index < -0.39 is 0 Å². The maximum atomic E-state index is 13.5. The van der Waals surface area contributed by atoms with Crippen molar-refractivity contribution < 1.29 is 4.39 Å². The first-order chi connectivity index (χ1) is 10.6. The van der Waals surface area contributed by atoms with Crippen molar-refractivity contribution in [1.29, 1.82) is 0 Å². The van der Waals surface area contributed by atoms with Gasteiger partial charge in [-0.05, 0) is 48.5 Å². The Bertz CT molecular complexity index is 815. The van der Waals surface area contributed by atoms with Gasteiger partial charge in [-0.1, -0.05) is 0 Å². The van der Waals surface area contributed by atoms with Crippen molar-refractivity contribution in [2.75, 3.05) is 11.9 Å². The number of rotatable bonds is 5. The summed E-state index contributed by atoms with van der Waals surface area (Å²) in [6.45, 7) is 2.96. The summed E-state index contributed by atoms with van der Waals surface area (Å²) < 4.78 is 14.4. The van der Waals surface area contributed by atoms with Crippen molar-refractivity contribution in [2.24, 2.45) is 5.73 Å². The number of aryl methyl sites for hydroxylation is 1. The summed E-state index contributed by atoms with van der Waals surface area (Å²) in [5.74, 6) is 0.430. The van der Waals surface area contributed by atoms with E-state index in [9.17, 15) is 4.39 Å².